The lowest BCUT2D eigenvalue weighted by molar-refractivity contribution is 0.658. The van der Waals surface area contributed by atoms with Gasteiger partial charge in [-0.05, 0) is 107 Å². The third-order valence-electron chi connectivity index (χ3n) is 10.9. The summed E-state index contributed by atoms with van der Waals surface area (Å²) in [6.07, 6.45) is 14.2. The number of nitrogens with zero attached hydrogens (tertiary/aromatic N) is 2. The average Bonchev–Trinajstić information content (AvgIpc) is 3.26. The SMILES string of the molecule is CC1=CC=CNC1C1=CC(N2c3ccccc3-c3ccc4c(c3-c3ccccc32)C(C)(C)c2ccccc2-4)=CC(c2ncccc2C)C1. The van der Waals surface area contributed by atoms with E-state index in [9.17, 15) is 0 Å². The van der Waals surface area contributed by atoms with Crippen LogP contribution in [0.15, 0.2) is 151 Å². The van der Waals surface area contributed by atoms with E-state index in [4.69, 9.17) is 4.98 Å². The number of fused-ring (bicyclic) bond motifs is 9. The minimum atomic E-state index is -0.142. The summed E-state index contributed by atoms with van der Waals surface area (Å²) in [6, 6.07) is 36.1. The molecule has 4 aliphatic rings. The number of benzene rings is 4. The molecule has 1 N–H and O–H groups in total. The molecule has 4 aromatic carbocycles. The van der Waals surface area contributed by atoms with E-state index in [2.05, 4.69) is 159 Å². The summed E-state index contributed by atoms with van der Waals surface area (Å²) >= 11 is 0. The lowest BCUT2D eigenvalue weighted by atomic mass is 9.76. The van der Waals surface area contributed by atoms with Crippen molar-refractivity contribution in [1.29, 1.82) is 0 Å². The molecule has 0 saturated heterocycles. The number of allylic oxidation sites excluding steroid dienone is 4. The van der Waals surface area contributed by atoms with Crippen LogP contribution in [-0.2, 0) is 5.41 Å². The Hall–Kier alpha value is -5.41. The van der Waals surface area contributed by atoms with Gasteiger partial charge in [-0.1, -0.05) is 105 Å². The molecular weight excluding hydrogens is 583 g/mol. The van der Waals surface area contributed by atoms with Crippen LogP contribution in [0.1, 0.15) is 55.5 Å². The number of hydrogen-bond acceptors (Lipinski definition) is 3. The second kappa shape index (κ2) is 10.8. The molecule has 0 saturated carbocycles. The van der Waals surface area contributed by atoms with Crippen molar-refractivity contribution in [3.63, 3.8) is 0 Å². The highest BCUT2D eigenvalue weighted by Crippen LogP contribution is 2.58. The van der Waals surface area contributed by atoms with E-state index < -0.39 is 0 Å². The molecular formula is C45H39N3. The first-order valence-electron chi connectivity index (χ1n) is 17.1. The van der Waals surface area contributed by atoms with Gasteiger partial charge in [0.2, 0.25) is 0 Å². The van der Waals surface area contributed by atoms with Gasteiger partial charge in [-0.15, -0.1) is 0 Å². The van der Waals surface area contributed by atoms with Gasteiger partial charge >= 0.3 is 0 Å². The Kier molecular flexibility index (Phi) is 6.49. The third kappa shape index (κ3) is 4.23. The van der Waals surface area contributed by atoms with E-state index in [0.717, 1.165) is 12.1 Å². The summed E-state index contributed by atoms with van der Waals surface area (Å²) in [6.45, 7) is 9.22. The van der Waals surface area contributed by atoms with Crippen LogP contribution in [0.25, 0.3) is 33.4 Å². The normalized spacial score (nSPS) is 19.8. The first-order chi connectivity index (χ1) is 23.4. The molecule has 2 aliphatic heterocycles. The van der Waals surface area contributed by atoms with Crippen LogP contribution < -0.4 is 10.2 Å². The van der Waals surface area contributed by atoms with Gasteiger partial charge in [0.05, 0.1) is 23.1 Å². The first-order valence-corrected chi connectivity index (χ1v) is 17.1. The summed E-state index contributed by atoms with van der Waals surface area (Å²) in [5, 5.41) is 3.68. The first kappa shape index (κ1) is 28.8. The van der Waals surface area contributed by atoms with Crippen LogP contribution in [0.3, 0.4) is 0 Å². The van der Waals surface area contributed by atoms with Gasteiger partial charge in [0.1, 0.15) is 0 Å². The zero-order valence-corrected chi connectivity index (χ0v) is 28.0. The van der Waals surface area contributed by atoms with Gasteiger partial charge in [0.25, 0.3) is 0 Å². The second-order valence-corrected chi connectivity index (χ2v) is 14.1. The molecule has 0 radical (unpaired) electrons. The topological polar surface area (TPSA) is 28.2 Å². The number of dihydropyridines is 1. The van der Waals surface area contributed by atoms with Gasteiger partial charge in [-0.25, -0.2) is 0 Å². The summed E-state index contributed by atoms with van der Waals surface area (Å²) in [5.74, 6) is 0.143. The second-order valence-electron chi connectivity index (χ2n) is 14.1. The fraction of sp³-hybridized carbons (Fsp3) is 0.178. The highest BCUT2D eigenvalue weighted by molar-refractivity contribution is 6.05. The summed E-state index contributed by atoms with van der Waals surface area (Å²) in [7, 11) is 0. The number of hydrogen-bond donors (Lipinski definition) is 1. The Bertz CT molecular complexity index is 2260. The Morgan fingerprint density at radius 2 is 1.46 bits per heavy atom. The van der Waals surface area contributed by atoms with Crippen molar-refractivity contribution in [2.24, 2.45) is 0 Å². The number of aromatic nitrogens is 1. The third-order valence-corrected chi connectivity index (χ3v) is 10.9. The van der Waals surface area contributed by atoms with E-state index in [1.165, 1.54) is 78.3 Å². The average molecular weight is 622 g/mol. The van der Waals surface area contributed by atoms with Gasteiger partial charge in [-0.3, -0.25) is 4.98 Å². The van der Waals surface area contributed by atoms with Crippen molar-refractivity contribution in [3.8, 4) is 33.4 Å². The van der Waals surface area contributed by atoms with Crippen LogP contribution in [0.5, 0.6) is 0 Å². The zero-order valence-electron chi connectivity index (χ0n) is 28.0. The number of anilines is 2. The van der Waals surface area contributed by atoms with Gasteiger partial charge in [0.15, 0.2) is 0 Å². The van der Waals surface area contributed by atoms with E-state index in [1.807, 2.05) is 12.3 Å². The van der Waals surface area contributed by atoms with Crippen molar-refractivity contribution in [3.05, 3.63) is 173 Å². The predicted molar refractivity (Wildman–Crippen MR) is 199 cm³/mol. The Balaban J connectivity index is 1.32. The van der Waals surface area contributed by atoms with Gasteiger partial charge < -0.3 is 10.2 Å². The van der Waals surface area contributed by atoms with Crippen LogP contribution in [0, 0.1) is 6.92 Å². The molecule has 3 heteroatoms. The van der Waals surface area contributed by atoms with Crippen LogP contribution in [0.4, 0.5) is 11.4 Å². The lowest BCUT2D eigenvalue weighted by Gasteiger charge is -2.35. The summed E-state index contributed by atoms with van der Waals surface area (Å²) in [4.78, 5) is 7.48. The van der Waals surface area contributed by atoms with Crippen LogP contribution in [0.2, 0.25) is 0 Å². The smallest absolute Gasteiger partial charge is 0.0686 e. The van der Waals surface area contributed by atoms with Gasteiger partial charge in [0, 0.05) is 34.4 Å². The van der Waals surface area contributed by atoms with Crippen molar-refractivity contribution in [2.75, 3.05) is 4.90 Å². The van der Waals surface area contributed by atoms with E-state index >= 15 is 0 Å². The van der Waals surface area contributed by atoms with Crippen LogP contribution in [-0.4, -0.2) is 11.0 Å². The van der Waals surface area contributed by atoms with E-state index in [-0.39, 0.29) is 17.4 Å². The molecule has 2 unspecified atom stereocenters. The molecule has 234 valence electrons. The summed E-state index contributed by atoms with van der Waals surface area (Å²) in [5.41, 5.74) is 19.2. The highest BCUT2D eigenvalue weighted by Gasteiger charge is 2.41. The fourth-order valence-electron chi connectivity index (χ4n) is 8.76. The number of aryl methyl sites for hydroxylation is 1. The maximum atomic E-state index is 4.96. The number of nitrogens with one attached hydrogen (secondary N) is 1. The minimum absolute atomic E-state index is 0.141. The van der Waals surface area contributed by atoms with Crippen molar-refractivity contribution < 1.29 is 0 Å². The standard InChI is InChI=1S/C45H39N3/c1-28-13-11-23-46-43(28)30-25-31(44-29(2)14-12-24-47-44)27-32(26-30)48-39-19-9-6-16-34(39)35-21-22-36-33-15-5-8-18-38(33)45(3,4)42(36)41(35)37-17-7-10-20-40(37)48/h5-24,26-27,30,44,47H,25H2,1-4H3. The Morgan fingerprint density at radius 3 is 2.25 bits per heavy atom. The number of pyridine rings is 1. The van der Waals surface area contributed by atoms with Crippen molar-refractivity contribution >= 4 is 11.4 Å². The maximum absolute atomic E-state index is 4.96. The number of rotatable bonds is 3. The molecule has 48 heavy (non-hydrogen) atoms. The zero-order chi connectivity index (χ0) is 32.6. The molecule has 3 nitrogen and oxygen atoms in total. The van der Waals surface area contributed by atoms with E-state index in [0.29, 0.717) is 0 Å². The molecule has 2 atom stereocenters. The Labute approximate surface area is 283 Å². The predicted octanol–water partition coefficient (Wildman–Crippen LogP) is 10.9. The molecule has 3 heterocycles. The largest absolute Gasteiger partial charge is 0.381 e. The maximum Gasteiger partial charge on any atom is 0.0686 e. The molecule has 0 spiro atoms. The molecule has 0 bridgehead atoms. The van der Waals surface area contributed by atoms with Crippen molar-refractivity contribution in [2.45, 2.75) is 51.5 Å². The highest BCUT2D eigenvalue weighted by atomic mass is 15.2. The van der Waals surface area contributed by atoms with Crippen molar-refractivity contribution in [1.82, 2.24) is 10.3 Å². The van der Waals surface area contributed by atoms with E-state index in [1.54, 1.807) is 0 Å². The van der Waals surface area contributed by atoms with Crippen LogP contribution >= 0.6 is 0 Å². The fourth-order valence-corrected chi connectivity index (χ4v) is 8.76. The molecule has 9 rings (SSSR count). The molecule has 1 aromatic heterocycles. The Morgan fingerprint density at radius 1 is 0.750 bits per heavy atom. The molecule has 0 fully saturated rings. The number of para-hydroxylation sites is 2. The molecule has 0 amide bonds. The molecule has 5 aromatic rings. The summed E-state index contributed by atoms with van der Waals surface area (Å²) < 4.78 is 0. The quantitative estimate of drug-likeness (QED) is 0.217. The monoisotopic (exact) mass is 621 g/mol. The minimum Gasteiger partial charge on any atom is -0.381 e. The van der Waals surface area contributed by atoms with Gasteiger partial charge in [-0.2, -0.15) is 0 Å². The molecule has 2 aliphatic carbocycles. The lowest BCUT2D eigenvalue weighted by Crippen LogP contribution is -2.32.